The molecule has 1 N–H and O–H groups in total. The van der Waals surface area contributed by atoms with Crippen molar-refractivity contribution in [3.05, 3.63) is 57.6 Å². The molecule has 2 rings (SSSR count). The van der Waals surface area contributed by atoms with Gasteiger partial charge in [-0.25, -0.2) is 5.43 Å². The maximum absolute atomic E-state index is 12.2. The van der Waals surface area contributed by atoms with Gasteiger partial charge in [0.05, 0.1) is 23.9 Å². The summed E-state index contributed by atoms with van der Waals surface area (Å²) >= 11 is 3.48. The highest BCUT2D eigenvalue weighted by Gasteiger charge is 2.11. The fourth-order valence-corrected chi connectivity index (χ4v) is 2.84. The Morgan fingerprint density at radius 3 is 2.60 bits per heavy atom. The largest absolute Gasteiger partial charge is 0.490 e. The Bertz CT molecular complexity index is 775. The second-order valence-corrected chi connectivity index (χ2v) is 6.06. The number of ether oxygens (including phenoxy) is 2. The molecular formula is C19H21BrN2O3. The summed E-state index contributed by atoms with van der Waals surface area (Å²) in [7, 11) is 0. The van der Waals surface area contributed by atoms with Gasteiger partial charge >= 0.3 is 0 Å². The topological polar surface area (TPSA) is 59.9 Å². The molecular weight excluding hydrogens is 384 g/mol. The zero-order valence-corrected chi connectivity index (χ0v) is 16.1. The average molecular weight is 405 g/mol. The van der Waals surface area contributed by atoms with E-state index in [0.717, 1.165) is 15.6 Å². The minimum Gasteiger partial charge on any atom is -0.490 e. The van der Waals surface area contributed by atoms with Crippen molar-refractivity contribution in [1.82, 2.24) is 5.43 Å². The summed E-state index contributed by atoms with van der Waals surface area (Å²) in [5.41, 5.74) is 4.82. The van der Waals surface area contributed by atoms with Crippen molar-refractivity contribution in [2.24, 2.45) is 5.10 Å². The number of hydrazone groups is 1. The van der Waals surface area contributed by atoms with Gasteiger partial charge in [0, 0.05) is 5.56 Å². The molecule has 0 aliphatic heterocycles. The number of rotatable bonds is 7. The number of hydrogen-bond donors (Lipinski definition) is 1. The van der Waals surface area contributed by atoms with Gasteiger partial charge < -0.3 is 9.47 Å². The van der Waals surface area contributed by atoms with Crippen molar-refractivity contribution in [3.63, 3.8) is 0 Å². The zero-order chi connectivity index (χ0) is 18.2. The molecule has 0 atom stereocenters. The molecule has 0 unspecified atom stereocenters. The first-order valence-electron chi connectivity index (χ1n) is 8.05. The third kappa shape index (κ3) is 5.06. The van der Waals surface area contributed by atoms with Crippen LogP contribution in [0.25, 0.3) is 0 Å². The average Bonchev–Trinajstić information content (AvgIpc) is 2.58. The first-order valence-corrected chi connectivity index (χ1v) is 8.84. The number of nitrogens with one attached hydrogen (secondary N) is 1. The molecule has 25 heavy (non-hydrogen) atoms. The maximum atomic E-state index is 12.2. The van der Waals surface area contributed by atoms with Crippen LogP contribution >= 0.6 is 15.9 Å². The fraction of sp³-hybridized carbons (Fsp3) is 0.263. The standard InChI is InChI=1S/C19H21BrN2O3/c1-4-24-17-11-14(10-16(20)18(17)25-5-2)12-21-22-19(23)15-9-7-6-8-13(15)3/h6-12H,4-5H2,1-3H3,(H,22,23)/b21-12-. The third-order valence-electron chi connectivity index (χ3n) is 3.39. The summed E-state index contributed by atoms with van der Waals surface area (Å²) < 4.78 is 12.0. The van der Waals surface area contributed by atoms with Crippen LogP contribution in [-0.4, -0.2) is 25.3 Å². The third-order valence-corrected chi connectivity index (χ3v) is 3.98. The summed E-state index contributed by atoms with van der Waals surface area (Å²) in [5, 5.41) is 4.04. The zero-order valence-electron chi connectivity index (χ0n) is 14.5. The fourth-order valence-electron chi connectivity index (χ4n) is 2.26. The molecule has 0 aliphatic rings. The van der Waals surface area contributed by atoms with Crippen LogP contribution in [0, 0.1) is 6.92 Å². The van der Waals surface area contributed by atoms with Gasteiger partial charge in [-0.15, -0.1) is 0 Å². The molecule has 0 radical (unpaired) electrons. The molecule has 5 nitrogen and oxygen atoms in total. The predicted molar refractivity (Wildman–Crippen MR) is 103 cm³/mol. The minimum atomic E-state index is -0.246. The second kappa shape index (κ2) is 9.22. The van der Waals surface area contributed by atoms with Gasteiger partial charge in [0.25, 0.3) is 5.91 Å². The number of carbonyl (C=O) groups excluding carboxylic acids is 1. The number of halogens is 1. The van der Waals surface area contributed by atoms with E-state index in [-0.39, 0.29) is 5.91 Å². The van der Waals surface area contributed by atoms with Gasteiger partial charge in [-0.1, -0.05) is 18.2 Å². The summed E-state index contributed by atoms with van der Waals surface area (Å²) in [6, 6.07) is 11.0. The highest BCUT2D eigenvalue weighted by Crippen LogP contribution is 2.36. The molecule has 0 spiro atoms. The Morgan fingerprint density at radius 2 is 1.92 bits per heavy atom. The number of amides is 1. The van der Waals surface area contributed by atoms with Crippen LogP contribution in [0.2, 0.25) is 0 Å². The van der Waals surface area contributed by atoms with E-state index in [4.69, 9.17) is 9.47 Å². The second-order valence-electron chi connectivity index (χ2n) is 5.21. The number of benzene rings is 2. The van der Waals surface area contributed by atoms with Crippen LogP contribution in [0.15, 0.2) is 46.0 Å². The molecule has 0 aromatic heterocycles. The van der Waals surface area contributed by atoms with Crippen molar-refractivity contribution in [2.45, 2.75) is 20.8 Å². The van der Waals surface area contributed by atoms with Crippen LogP contribution in [0.4, 0.5) is 0 Å². The molecule has 0 fully saturated rings. The molecule has 0 saturated heterocycles. The number of aryl methyl sites for hydroxylation is 1. The van der Waals surface area contributed by atoms with Crippen LogP contribution in [-0.2, 0) is 0 Å². The van der Waals surface area contributed by atoms with Crippen molar-refractivity contribution < 1.29 is 14.3 Å². The first kappa shape index (κ1) is 19.0. The van der Waals surface area contributed by atoms with Crippen LogP contribution in [0.3, 0.4) is 0 Å². The lowest BCUT2D eigenvalue weighted by Crippen LogP contribution is -2.18. The molecule has 2 aromatic carbocycles. The Labute approximate surface area is 156 Å². The normalized spacial score (nSPS) is 10.7. The van der Waals surface area contributed by atoms with E-state index in [2.05, 4.69) is 26.5 Å². The summed E-state index contributed by atoms with van der Waals surface area (Å²) in [4.78, 5) is 12.2. The minimum absolute atomic E-state index is 0.246. The van der Waals surface area contributed by atoms with E-state index in [1.165, 1.54) is 0 Å². The number of nitrogens with zero attached hydrogens (tertiary/aromatic N) is 1. The summed E-state index contributed by atoms with van der Waals surface area (Å²) in [6.45, 7) is 6.78. The Balaban J connectivity index is 2.15. The monoisotopic (exact) mass is 404 g/mol. The van der Waals surface area contributed by atoms with Crippen LogP contribution in [0.5, 0.6) is 11.5 Å². The Hall–Kier alpha value is -2.34. The van der Waals surface area contributed by atoms with E-state index >= 15 is 0 Å². The SMILES string of the molecule is CCOc1cc(/C=N\NC(=O)c2ccccc2C)cc(Br)c1OCC. The Morgan fingerprint density at radius 1 is 1.20 bits per heavy atom. The van der Waals surface area contributed by atoms with Gasteiger partial charge in [0.15, 0.2) is 11.5 Å². The highest BCUT2D eigenvalue weighted by atomic mass is 79.9. The van der Waals surface area contributed by atoms with E-state index < -0.39 is 0 Å². The molecule has 0 bridgehead atoms. The van der Waals surface area contributed by atoms with Crippen molar-refractivity contribution in [3.8, 4) is 11.5 Å². The molecule has 0 aliphatic carbocycles. The smallest absolute Gasteiger partial charge is 0.271 e. The number of carbonyl (C=O) groups is 1. The van der Waals surface area contributed by atoms with Crippen molar-refractivity contribution in [2.75, 3.05) is 13.2 Å². The van der Waals surface area contributed by atoms with Gasteiger partial charge in [0.2, 0.25) is 0 Å². The Kier molecular flexibility index (Phi) is 7.01. The molecule has 2 aromatic rings. The van der Waals surface area contributed by atoms with Crippen molar-refractivity contribution >= 4 is 28.1 Å². The van der Waals surface area contributed by atoms with Gasteiger partial charge in [-0.3, -0.25) is 4.79 Å². The maximum Gasteiger partial charge on any atom is 0.271 e. The highest BCUT2D eigenvalue weighted by molar-refractivity contribution is 9.10. The van der Waals surface area contributed by atoms with E-state index in [1.54, 1.807) is 12.3 Å². The van der Waals surface area contributed by atoms with Gasteiger partial charge in [0.1, 0.15) is 0 Å². The van der Waals surface area contributed by atoms with Gasteiger partial charge in [-0.2, -0.15) is 5.10 Å². The lowest BCUT2D eigenvalue weighted by atomic mass is 10.1. The van der Waals surface area contributed by atoms with E-state index in [0.29, 0.717) is 30.3 Å². The van der Waals surface area contributed by atoms with Gasteiger partial charge in [-0.05, 0) is 66.0 Å². The molecule has 0 saturated carbocycles. The van der Waals surface area contributed by atoms with Crippen molar-refractivity contribution in [1.29, 1.82) is 0 Å². The lowest BCUT2D eigenvalue weighted by molar-refractivity contribution is 0.0954. The lowest BCUT2D eigenvalue weighted by Gasteiger charge is -2.13. The summed E-state index contributed by atoms with van der Waals surface area (Å²) in [6.07, 6.45) is 1.57. The molecule has 1 amide bonds. The molecule has 6 heteroatoms. The predicted octanol–water partition coefficient (Wildman–Crippen LogP) is 4.32. The van der Waals surface area contributed by atoms with E-state index in [9.17, 15) is 4.79 Å². The van der Waals surface area contributed by atoms with Crippen LogP contribution in [0.1, 0.15) is 35.3 Å². The van der Waals surface area contributed by atoms with Crippen LogP contribution < -0.4 is 14.9 Å². The number of hydrogen-bond acceptors (Lipinski definition) is 4. The molecule has 0 heterocycles. The summed E-state index contributed by atoms with van der Waals surface area (Å²) in [5.74, 6) is 1.04. The van der Waals surface area contributed by atoms with E-state index in [1.807, 2.05) is 51.1 Å². The first-order chi connectivity index (χ1) is 12.1. The quantitative estimate of drug-likeness (QED) is 0.552. The molecule has 132 valence electrons.